The first-order chi connectivity index (χ1) is 15.1. The number of halogens is 1. The summed E-state index contributed by atoms with van der Waals surface area (Å²) in [7, 11) is -3.75. The Balaban J connectivity index is 1.96. The van der Waals surface area contributed by atoms with Crippen molar-refractivity contribution < 1.29 is 32.2 Å². The van der Waals surface area contributed by atoms with Crippen LogP contribution in [0.5, 0.6) is 0 Å². The fraction of sp³-hybridized carbons (Fsp3) is 0.455. The normalized spacial score (nSPS) is 20.3. The molecular weight excluding hydrogens is 458 g/mol. The maximum Gasteiger partial charge on any atom is 0.336 e. The van der Waals surface area contributed by atoms with Crippen molar-refractivity contribution in [1.82, 2.24) is 5.32 Å². The lowest BCUT2D eigenvalue weighted by Gasteiger charge is -2.31. The summed E-state index contributed by atoms with van der Waals surface area (Å²) in [5, 5.41) is 3.34. The molecule has 0 saturated carbocycles. The molecule has 0 bridgehead atoms. The largest absolute Gasteiger partial charge is 0.462 e. The van der Waals surface area contributed by atoms with E-state index in [2.05, 4.69) is 5.32 Å². The predicted molar refractivity (Wildman–Crippen MR) is 118 cm³/mol. The van der Waals surface area contributed by atoms with E-state index in [1.54, 1.807) is 45.0 Å². The zero-order valence-electron chi connectivity index (χ0n) is 18.1. The summed E-state index contributed by atoms with van der Waals surface area (Å²) in [4.78, 5) is 24.8. The van der Waals surface area contributed by atoms with Crippen LogP contribution < -0.4 is 5.32 Å². The van der Waals surface area contributed by atoms with E-state index in [0.717, 1.165) is 0 Å². The molecule has 3 rings (SSSR count). The van der Waals surface area contributed by atoms with Crippen LogP contribution in [0.3, 0.4) is 0 Å². The van der Waals surface area contributed by atoms with Crippen molar-refractivity contribution in [2.24, 2.45) is 5.92 Å². The molecule has 1 aromatic rings. The van der Waals surface area contributed by atoms with Crippen molar-refractivity contribution in [3.05, 3.63) is 56.7 Å². The van der Waals surface area contributed by atoms with Gasteiger partial charge in [0.05, 0.1) is 47.0 Å². The van der Waals surface area contributed by atoms with Crippen LogP contribution in [0.2, 0.25) is 5.02 Å². The number of nitrogens with one attached hydrogen (secondary N) is 1. The Hall–Kier alpha value is -2.36. The summed E-state index contributed by atoms with van der Waals surface area (Å²) in [6.07, 6.45) is 0. The van der Waals surface area contributed by atoms with Gasteiger partial charge in [0.15, 0.2) is 9.84 Å². The number of hydrogen-bond donors (Lipinski definition) is 1. The predicted octanol–water partition coefficient (Wildman–Crippen LogP) is 2.70. The molecule has 1 N–H and O–H groups in total. The summed E-state index contributed by atoms with van der Waals surface area (Å²) in [6.45, 7) is 4.93. The first-order valence-corrected chi connectivity index (χ1v) is 12.3. The van der Waals surface area contributed by atoms with E-state index in [1.165, 1.54) is 0 Å². The molecule has 8 nitrogen and oxygen atoms in total. The third-order valence-corrected chi connectivity index (χ3v) is 7.34. The second-order valence-corrected chi connectivity index (χ2v) is 10.3. The number of esters is 2. The molecule has 0 amide bonds. The van der Waals surface area contributed by atoms with Crippen LogP contribution in [0.25, 0.3) is 0 Å². The third kappa shape index (κ3) is 5.16. The van der Waals surface area contributed by atoms with Gasteiger partial charge in [0, 0.05) is 10.7 Å². The van der Waals surface area contributed by atoms with Crippen LogP contribution in [0, 0.1) is 5.92 Å². The van der Waals surface area contributed by atoms with Gasteiger partial charge < -0.3 is 19.5 Å². The molecule has 1 unspecified atom stereocenters. The second kappa shape index (κ2) is 10.1. The van der Waals surface area contributed by atoms with Crippen molar-refractivity contribution in [2.75, 3.05) is 32.2 Å². The van der Waals surface area contributed by atoms with E-state index in [1.807, 2.05) is 0 Å². The van der Waals surface area contributed by atoms with Crippen molar-refractivity contribution in [3.8, 4) is 0 Å². The molecule has 2 heterocycles. The van der Waals surface area contributed by atoms with Gasteiger partial charge in [0.2, 0.25) is 0 Å². The summed E-state index contributed by atoms with van der Waals surface area (Å²) in [5.41, 5.74) is 1.44. The molecule has 1 aromatic carbocycles. The minimum absolute atomic E-state index is 0.0479. The van der Waals surface area contributed by atoms with Crippen molar-refractivity contribution >= 4 is 33.4 Å². The van der Waals surface area contributed by atoms with Gasteiger partial charge in [-0.2, -0.15) is 0 Å². The highest BCUT2D eigenvalue weighted by Gasteiger charge is 2.42. The summed E-state index contributed by atoms with van der Waals surface area (Å²) >= 11 is 6.43. The molecule has 0 aliphatic carbocycles. The Morgan fingerprint density at radius 2 is 1.91 bits per heavy atom. The Bertz CT molecular complexity index is 1080. The van der Waals surface area contributed by atoms with E-state index < -0.39 is 27.7 Å². The molecule has 32 heavy (non-hydrogen) atoms. The van der Waals surface area contributed by atoms with Crippen molar-refractivity contribution in [1.29, 1.82) is 0 Å². The quantitative estimate of drug-likeness (QED) is 0.486. The molecule has 1 atom stereocenters. The van der Waals surface area contributed by atoms with E-state index in [9.17, 15) is 18.0 Å². The molecule has 0 fully saturated rings. The van der Waals surface area contributed by atoms with Gasteiger partial charge >= 0.3 is 11.9 Å². The lowest BCUT2D eigenvalue weighted by molar-refractivity contribution is -0.152. The maximum atomic E-state index is 13.2. The van der Waals surface area contributed by atoms with Crippen molar-refractivity contribution in [3.63, 3.8) is 0 Å². The van der Waals surface area contributed by atoms with Crippen LogP contribution in [0.4, 0.5) is 0 Å². The average Bonchev–Trinajstić information content (AvgIpc) is 2.88. The van der Waals surface area contributed by atoms with Gasteiger partial charge in [-0.3, -0.25) is 4.79 Å². The fourth-order valence-electron chi connectivity index (χ4n) is 3.60. The first-order valence-electron chi connectivity index (χ1n) is 10.2. The standard InChI is InChI=1S/C22H26ClNO7S/c1-13(2)21(25)30-8-9-31-22(26)18-14(3)24-17-12-29-10-11-32(27,28)20(17)19(18)15-6-4-5-7-16(15)23/h4-7,13,19,24H,8-12H2,1-3H3. The first kappa shape index (κ1) is 24.3. The Morgan fingerprint density at radius 1 is 1.22 bits per heavy atom. The molecule has 0 spiro atoms. The zero-order chi connectivity index (χ0) is 23.5. The molecule has 10 heteroatoms. The molecule has 2 aliphatic rings. The highest BCUT2D eigenvalue weighted by molar-refractivity contribution is 7.95. The maximum absolute atomic E-state index is 13.2. The summed E-state index contributed by atoms with van der Waals surface area (Å²) in [5.74, 6) is -2.56. The lowest BCUT2D eigenvalue weighted by atomic mass is 9.86. The highest BCUT2D eigenvalue weighted by atomic mass is 35.5. The SMILES string of the molecule is CC1=C(C(=O)OCCOC(=O)C(C)C)C(c2ccccc2Cl)C2=C(COCCS2(=O)=O)N1. The number of carbonyl (C=O) groups excluding carboxylic acids is 2. The number of ether oxygens (including phenoxy) is 3. The number of sulfone groups is 1. The highest BCUT2D eigenvalue weighted by Crippen LogP contribution is 2.44. The minimum atomic E-state index is -3.75. The van der Waals surface area contributed by atoms with Gasteiger partial charge in [-0.1, -0.05) is 43.6 Å². The molecule has 174 valence electrons. The van der Waals surface area contributed by atoms with Gasteiger partial charge in [0.25, 0.3) is 0 Å². The van der Waals surface area contributed by atoms with Crippen LogP contribution in [-0.4, -0.2) is 52.5 Å². The number of hydrogen-bond acceptors (Lipinski definition) is 8. The van der Waals surface area contributed by atoms with Gasteiger partial charge in [-0.05, 0) is 18.6 Å². The molecular formula is C22H26ClNO7S. The van der Waals surface area contributed by atoms with Gasteiger partial charge in [-0.25, -0.2) is 13.2 Å². The van der Waals surface area contributed by atoms with E-state index in [0.29, 0.717) is 22.0 Å². The van der Waals surface area contributed by atoms with Crippen LogP contribution in [0.15, 0.2) is 46.1 Å². The summed E-state index contributed by atoms with van der Waals surface area (Å²) < 4.78 is 42.2. The van der Waals surface area contributed by atoms with Crippen LogP contribution >= 0.6 is 11.6 Å². The van der Waals surface area contributed by atoms with Crippen LogP contribution in [0.1, 0.15) is 32.3 Å². The Kier molecular flexibility index (Phi) is 7.63. The van der Waals surface area contributed by atoms with Gasteiger partial charge in [0.1, 0.15) is 13.2 Å². The van der Waals surface area contributed by atoms with Crippen LogP contribution in [-0.2, 0) is 33.6 Å². The number of carbonyl (C=O) groups is 2. The molecule has 0 aromatic heterocycles. The Morgan fingerprint density at radius 3 is 2.59 bits per heavy atom. The van der Waals surface area contributed by atoms with E-state index >= 15 is 0 Å². The fourth-order valence-corrected chi connectivity index (χ4v) is 5.49. The average molecular weight is 484 g/mol. The van der Waals surface area contributed by atoms with Gasteiger partial charge in [-0.15, -0.1) is 0 Å². The second-order valence-electron chi connectivity index (χ2n) is 7.79. The van der Waals surface area contributed by atoms with Crippen molar-refractivity contribution in [2.45, 2.75) is 26.7 Å². The number of allylic oxidation sites excluding steroid dienone is 2. The number of rotatable bonds is 6. The minimum Gasteiger partial charge on any atom is -0.462 e. The zero-order valence-corrected chi connectivity index (χ0v) is 19.7. The topological polar surface area (TPSA) is 108 Å². The molecule has 0 saturated heterocycles. The van der Waals surface area contributed by atoms with E-state index in [4.69, 9.17) is 25.8 Å². The monoisotopic (exact) mass is 483 g/mol. The molecule has 2 aliphatic heterocycles. The summed E-state index contributed by atoms with van der Waals surface area (Å²) in [6, 6.07) is 6.79. The smallest absolute Gasteiger partial charge is 0.336 e. The number of benzene rings is 1. The van der Waals surface area contributed by atoms with E-state index in [-0.39, 0.29) is 48.6 Å². The number of dihydropyridines is 1. The third-order valence-electron chi connectivity index (χ3n) is 5.14. The lowest BCUT2D eigenvalue weighted by Crippen LogP contribution is -2.34. The molecule has 0 radical (unpaired) electrons. The Labute approximate surface area is 192 Å².